The van der Waals surface area contributed by atoms with Crippen molar-refractivity contribution < 1.29 is 9.41 Å². The fourth-order valence-electron chi connectivity index (χ4n) is 2.65. The van der Waals surface area contributed by atoms with Gasteiger partial charge in [0.2, 0.25) is 0 Å². The Bertz CT molecular complexity index is 454. The molecule has 0 aliphatic carbocycles. The van der Waals surface area contributed by atoms with Crippen LogP contribution < -0.4 is 0 Å². The molecule has 0 aliphatic rings. The lowest BCUT2D eigenvalue weighted by Gasteiger charge is -2.36. The predicted molar refractivity (Wildman–Crippen MR) is 83.3 cm³/mol. The molecule has 1 unspecified atom stereocenters. The van der Waals surface area contributed by atoms with Gasteiger partial charge in [-0.3, -0.25) is 10.1 Å². The second-order valence-corrected chi connectivity index (χ2v) is 7.08. The molecule has 1 aromatic rings. The van der Waals surface area contributed by atoms with E-state index in [9.17, 15) is 10.1 Å². The van der Waals surface area contributed by atoms with Gasteiger partial charge in [0.05, 0.1) is 41.4 Å². The Labute approximate surface area is 130 Å². The third kappa shape index (κ3) is 5.27. The van der Waals surface area contributed by atoms with Gasteiger partial charge in [-0.15, -0.1) is 23.2 Å². The summed E-state index contributed by atoms with van der Waals surface area (Å²) in [4.78, 5) is 10.8. The maximum atomic E-state index is 11.1. The molecule has 3 atom stereocenters. The van der Waals surface area contributed by atoms with E-state index < -0.39 is 0 Å². The third-order valence-electron chi connectivity index (χ3n) is 3.13. The molecule has 0 spiro atoms. The topological polar surface area (TPSA) is 43.1 Å². The summed E-state index contributed by atoms with van der Waals surface area (Å²) in [5, 5.41) is 11.1. The molecule has 0 saturated carbocycles. The average Bonchev–Trinajstić information content (AvgIpc) is 2.26. The molecule has 0 radical (unpaired) electrons. The number of nitrogens with zero attached hydrogens (tertiary/aromatic N) is 2. The zero-order valence-corrected chi connectivity index (χ0v) is 13.6. The van der Waals surface area contributed by atoms with E-state index in [0.29, 0.717) is 24.1 Å². The molecule has 1 rings (SSSR count). The van der Waals surface area contributed by atoms with E-state index in [1.807, 2.05) is 27.0 Å². The number of rotatable bonds is 7. The van der Waals surface area contributed by atoms with Crippen LogP contribution in [0.25, 0.3) is 0 Å². The van der Waals surface area contributed by atoms with Crippen LogP contribution in [0, 0.1) is 10.1 Å². The lowest BCUT2D eigenvalue weighted by molar-refractivity contribution is -0.921. The summed E-state index contributed by atoms with van der Waals surface area (Å²) in [7, 11) is 2.04. The Morgan fingerprint density at radius 2 is 1.70 bits per heavy atom. The van der Waals surface area contributed by atoms with Crippen molar-refractivity contribution >= 4 is 28.9 Å². The van der Waals surface area contributed by atoms with E-state index in [1.165, 1.54) is 6.07 Å². The van der Waals surface area contributed by atoms with Crippen LogP contribution in [-0.4, -0.2) is 40.3 Å². The second-order valence-electron chi connectivity index (χ2n) is 5.59. The fraction of sp³-hybridized carbons (Fsp3) is 0.571. The van der Waals surface area contributed by atoms with Crippen molar-refractivity contribution in [1.29, 1.82) is 0 Å². The molecule has 0 bridgehead atoms. The Hall–Kier alpha value is -0.840. The van der Waals surface area contributed by atoms with Crippen LogP contribution in [0.15, 0.2) is 24.3 Å². The van der Waals surface area contributed by atoms with Crippen molar-refractivity contribution in [3.63, 3.8) is 0 Å². The summed E-state index contributed by atoms with van der Waals surface area (Å²) in [5.41, 5.74) is 0.871. The fourth-order valence-corrected chi connectivity index (χ4v) is 3.32. The first-order valence-corrected chi connectivity index (χ1v) is 7.45. The average molecular weight is 320 g/mol. The first-order valence-electron chi connectivity index (χ1n) is 6.57. The van der Waals surface area contributed by atoms with E-state index in [4.69, 9.17) is 23.2 Å². The smallest absolute Gasteiger partial charge is 0.278 e. The summed E-state index contributed by atoms with van der Waals surface area (Å²) in [6.45, 7) is 5.83. The second kappa shape index (κ2) is 7.25. The molecule has 0 aliphatic heterocycles. The highest BCUT2D eigenvalue weighted by Crippen LogP contribution is 2.24. The minimum Gasteiger partial charge on any atom is -0.320 e. The molecule has 4 nitrogen and oxygen atoms in total. The van der Waals surface area contributed by atoms with Gasteiger partial charge in [-0.2, -0.15) is 0 Å². The van der Waals surface area contributed by atoms with Gasteiger partial charge in [-0.1, -0.05) is 12.1 Å². The van der Waals surface area contributed by atoms with Gasteiger partial charge in [0.15, 0.2) is 0 Å². The number of benzene rings is 1. The van der Waals surface area contributed by atoms with Crippen LogP contribution in [0.3, 0.4) is 0 Å². The minimum atomic E-state index is -0.339. The highest BCUT2D eigenvalue weighted by Gasteiger charge is 2.29. The highest BCUT2D eigenvalue weighted by molar-refractivity contribution is 6.20. The van der Waals surface area contributed by atoms with Crippen molar-refractivity contribution in [2.45, 2.75) is 31.1 Å². The maximum Gasteiger partial charge on any atom is 0.278 e. The lowest BCUT2D eigenvalue weighted by atomic mass is 10.1. The number of hydrogen-bond donors (Lipinski definition) is 0. The highest BCUT2D eigenvalue weighted by atomic mass is 35.5. The molecule has 1 aromatic carbocycles. The van der Waals surface area contributed by atoms with Crippen molar-refractivity contribution in [1.82, 2.24) is 0 Å². The van der Waals surface area contributed by atoms with Crippen molar-refractivity contribution in [2.75, 3.05) is 20.1 Å². The van der Waals surface area contributed by atoms with Crippen LogP contribution in [0.2, 0.25) is 0 Å². The van der Waals surface area contributed by atoms with E-state index in [2.05, 4.69) is 0 Å². The number of alkyl halides is 2. The summed E-state index contributed by atoms with van der Waals surface area (Å²) in [5.74, 6) is 0. The first-order chi connectivity index (χ1) is 9.23. The zero-order chi connectivity index (χ0) is 15.3. The van der Waals surface area contributed by atoms with Crippen LogP contribution in [0.4, 0.5) is 5.69 Å². The molecule has 0 fully saturated rings. The number of nitro groups is 1. The van der Waals surface area contributed by atoms with Gasteiger partial charge in [0.1, 0.15) is 6.54 Å². The number of nitro benzene ring substituents is 1. The standard InChI is InChI=1S/C14H21Cl2N2O2/c1-11(15)8-18(3,9-12(2)16)10-13-6-4-5-7-14(13)17(19)20/h4-7,11-12H,8-10H2,1-3H3/q+1/t11-,12+,18?. The van der Waals surface area contributed by atoms with Gasteiger partial charge in [-0.05, 0) is 19.9 Å². The molecular weight excluding hydrogens is 299 g/mol. The monoisotopic (exact) mass is 319 g/mol. The first kappa shape index (κ1) is 17.2. The molecule has 0 heterocycles. The maximum absolute atomic E-state index is 11.1. The SMILES string of the molecule is C[C@H](Cl)C[N+](C)(Cc1ccccc1[N+](=O)[O-])C[C@@H](C)Cl. The predicted octanol–water partition coefficient (Wildman–Crippen LogP) is 3.80. The quantitative estimate of drug-likeness (QED) is 0.332. The van der Waals surface area contributed by atoms with E-state index >= 15 is 0 Å². The molecule has 112 valence electrons. The van der Waals surface area contributed by atoms with E-state index in [-0.39, 0.29) is 21.4 Å². The molecule has 20 heavy (non-hydrogen) atoms. The molecule has 0 saturated heterocycles. The summed E-state index contributed by atoms with van der Waals surface area (Å²) < 4.78 is 0.584. The van der Waals surface area contributed by atoms with Crippen molar-refractivity contribution in [3.8, 4) is 0 Å². The Kier molecular flexibility index (Phi) is 6.24. The van der Waals surface area contributed by atoms with E-state index in [0.717, 1.165) is 5.56 Å². The number of quaternary nitrogens is 1. The summed E-state index contributed by atoms with van der Waals surface area (Å²) in [6, 6.07) is 6.83. The third-order valence-corrected chi connectivity index (χ3v) is 3.40. The summed E-state index contributed by atoms with van der Waals surface area (Å²) in [6.07, 6.45) is 0. The van der Waals surface area contributed by atoms with Gasteiger partial charge in [0, 0.05) is 6.07 Å². The zero-order valence-electron chi connectivity index (χ0n) is 12.1. The molecule has 0 N–H and O–H groups in total. The molecule has 0 aromatic heterocycles. The van der Waals surface area contributed by atoms with E-state index in [1.54, 1.807) is 12.1 Å². The van der Waals surface area contributed by atoms with Crippen molar-refractivity contribution in [3.05, 3.63) is 39.9 Å². The van der Waals surface area contributed by atoms with Gasteiger partial charge in [0.25, 0.3) is 5.69 Å². The molecule has 6 heteroatoms. The van der Waals surface area contributed by atoms with Crippen LogP contribution in [-0.2, 0) is 6.54 Å². The van der Waals surface area contributed by atoms with Crippen LogP contribution >= 0.6 is 23.2 Å². The van der Waals surface area contributed by atoms with Gasteiger partial charge >= 0.3 is 0 Å². The largest absolute Gasteiger partial charge is 0.320 e. The van der Waals surface area contributed by atoms with Crippen LogP contribution in [0.5, 0.6) is 0 Å². The molecular formula is C14H21Cl2N2O2+. The van der Waals surface area contributed by atoms with Crippen molar-refractivity contribution in [2.24, 2.45) is 0 Å². The Morgan fingerprint density at radius 1 is 1.20 bits per heavy atom. The lowest BCUT2D eigenvalue weighted by Crippen LogP contribution is -2.49. The molecule has 0 amide bonds. The minimum absolute atomic E-state index is 0.0156. The van der Waals surface area contributed by atoms with Crippen LogP contribution in [0.1, 0.15) is 19.4 Å². The number of halogens is 2. The number of para-hydroxylation sites is 1. The Morgan fingerprint density at radius 3 is 2.15 bits per heavy atom. The normalized spacial score (nSPS) is 17.2. The van der Waals surface area contributed by atoms with Gasteiger partial charge < -0.3 is 4.48 Å². The number of hydrogen-bond acceptors (Lipinski definition) is 2. The Balaban J connectivity index is 3.03. The summed E-state index contributed by atoms with van der Waals surface area (Å²) >= 11 is 12.2. The van der Waals surface area contributed by atoms with Gasteiger partial charge in [-0.25, -0.2) is 0 Å².